The Morgan fingerprint density at radius 1 is 1.17 bits per heavy atom. The Bertz CT molecular complexity index is 928. The average molecular weight is 397 g/mol. The van der Waals surface area contributed by atoms with Gasteiger partial charge in [-0.2, -0.15) is 0 Å². The quantitative estimate of drug-likeness (QED) is 0.666. The van der Waals surface area contributed by atoms with Crippen molar-refractivity contribution in [1.82, 2.24) is 10.6 Å². The van der Waals surface area contributed by atoms with E-state index in [0.717, 1.165) is 16.8 Å². The number of carbonyl (C=O) groups is 2. The van der Waals surface area contributed by atoms with Crippen LogP contribution in [0.25, 0.3) is 5.57 Å². The Kier molecular flexibility index (Phi) is 5.91. The molecule has 0 radical (unpaired) electrons. The standard InChI is InChI=1S/C23H28FN3O2/c1-12(2)25-16-7-9-18(20(24)11-16)17-8-6-15-10-19(22(28)26-13(3)4)23(29)27-21(15)14(17)5/h6-13,15,21,25H,1-5H3,(H,26,28)(H,27,29). The average Bonchev–Trinajstić information content (AvgIpc) is 2.62. The largest absolute Gasteiger partial charge is 0.383 e. The van der Waals surface area contributed by atoms with E-state index < -0.39 is 5.91 Å². The second-order valence-corrected chi connectivity index (χ2v) is 8.19. The highest BCUT2D eigenvalue weighted by molar-refractivity contribution is 6.19. The van der Waals surface area contributed by atoms with Gasteiger partial charge in [0, 0.05) is 29.3 Å². The first-order chi connectivity index (χ1) is 13.7. The van der Waals surface area contributed by atoms with Crippen LogP contribution in [0.1, 0.15) is 40.2 Å². The molecule has 0 spiro atoms. The zero-order valence-corrected chi connectivity index (χ0v) is 17.5. The number of halogens is 1. The van der Waals surface area contributed by atoms with Crippen LogP contribution in [0.2, 0.25) is 0 Å². The molecule has 1 heterocycles. The smallest absolute Gasteiger partial charge is 0.257 e. The number of anilines is 1. The van der Waals surface area contributed by atoms with Crippen LogP contribution in [-0.2, 0) is 9.59 Å². The summed E-state index contributed by atoms with van der Waals surface area (Å²) < 4.78 is 14.8. The van der Waals surface area contributed by atoms with E-state index in [4.69, 9.17) is 0 Å². The number of allylic oxidation sites excluding steroid dienone is 2. The molecule has 0 aromatic heterocycles. The molecule has 2 amide bonds. The zero-order chi connectivity index (χ0) is 21.3. The van der Waals surface area contributed by atoms with Gasteiger partial charge in [-0.1, -0.05) is 18.2 Å². The van der Waals surface area contributed by atoms with Gasteiger partial charge in [0.05, 0.1) is 6.04 Å². The molecule has 6 heteroatoms. The monoisotopic (exact) mass is 397 g/mol. The van der Waals surface area contributed by atoms with Gasteiger partial charge in [0.15, 0.2) is 0 Å². The SMILES string of the molecule is CC1=C(c2ccc(NC(C)C)cc2F)C=CC2C=C(C(=O)NC(C)C)C(=O)NC12. The second kappa shape index (κ2) is 8.23. The number of fused-ring (bicyclic) bond motifs is 1. The highest BCUT2D eigenvalue weighted by Gasteiger charge is 2.35. The van der Waals surface area contributed by atoms with Crippen molar-refractivity contribution in [2.75, 3.05) is 5.32 Å². The van der Waals surface area contributed by atoms with Crippen LogP contribution >= 0.6 is 0 Å². The maximum Gasteiger partial charge on any atom is 0.257 e. The summed E-state index contributed by atoms with van der Waals surface area (Å²) in [4.78, 5) is 24.8. The molecule has 5 nitrogen and oxygen atoms in total. The number of carbonyl (C=O) groups excluding carboxylic acids is 2. The molecule has 0 saturated carbocycles. The Hall–Kier alpha value is -2.89. The van der Waals surface area contributed by atoms with Crippen LogP contribution in [0, 0.1) is 11.7 Å². The molecule has 2 aliphatic rings. The van der Waals surface area contributed by atoms with Gasteiger partial charge < -0.3 is 16.0 Å². The first-order valence-electron chi connectivity index (χ1n) is 9.96. The lowest BCUT2D eigenvalue weighted by Gasteiger charge is -2.34. The van der Waals surface area contributed by atoms with Crippen LogP contribution in [-0.4, -0.2) is 29.9 Å². The first kappa shape index (κ1) is 20.8. The summed E-state index contributed by atoms with van der Waals surface area (Å²) in [6, 6.07) is 4.95. The van der Waals surface area contributed by atoms with E-state index in [2.05, 4.69) is 16.0 Å². The van der Waals surface area contributed by atoms with Crippen molar-refractivity contribution in [2.24, 2.45) is 5.92 Å². The normalized spacial score (nSPS) is 21.1. The lowest BCUT2D eigenvalue weighted by molar-refractivity contribution is -0.124. The molecule has 0 saturated heterocycles. The van der Waals surface area contributed by atoms with Crippen molar-refractivity contribution in [2.45, 2.75) is 52.7 Å². The van der Waals surface area contributed by atoms with Gasteiger partial charge in [-0.3, -0.25) is 9.59 Å². The summed E-state index contributed by atoms with van der Waals surface area (Å²) in [7, 11) is 0. The maximum atomic E-state index is 14.8. The Morgan fingerprint density at radius 3 is 2.52 bits per heavy atom. The van der Waals surface area contributed by atoms with Crippen molar-refractivity contribution in [3.63, 3.8) is 0 Å². The summed E-state index contributed by atoms with van der Waals surface area (Å²) in [5.41, 5.74) is 2.97. The highest BCUT2D eigenvalue weighted by Crippen LogP contribution is 2.35. The maximum absolute atomic E-state index is 14.8. The van der Waals surface area contributed by atoms with E-state index in [9.17, 15) is 14.0 Å². The first-order valence-corrected chi connectivity index (χ1v) is 9.96. The van der Waals surface area contributed by atoms with Crippen molar-refractivity contribution < 1.29 is 14.0 Å². The molecule has 154 valence electrons. The predicted octanol–water partition coefficient (Wildman–Crippen LogP) is 3.55. The molecule has 1 aliphatic carbocycles. The highest BCUT2D eigenvalue weighted by atomic mass is 19.1. The topological polar surface area (TPSA) is 70.2 Å². The number of hydrogen-bond acceptors (Lipinski definition) is 3. The van der Waals surface area contributed by atoms with Gasteiger partial charge in [-0.25, -0.2) is 4.39 Å². The van der Waals surface area contributed by atoms with E-state index in [-0.39, 0.29) is 41.3 Å². The molecule has 2 atom stereocenters. The van der Waals surface area contributed by atoms with Gasteiger partial charge in [0.1, 0.15) is 11.4 Å². The third kappa shape index (κ3) is 4.42. The third-order valence-corrected chi connectivity index (χ3v) is 5.03. The predicted molar refractivity (Wildman–Crippen MR) is 114 cm³/mol. The van der Waals surface area contributed by atoms with Crippen molar-refractivity contribution >= 4 is 23.1 Å². The van der Waals surface area contributed by atoms with Crippen molar-refractivity contribution in [1.29, 1.82) is 0 Å². The molecule has 0 fully saturated rings. The Morgan fingerprint density at radius 2 is 1.90 bits per heavy atom. The second-order valence-electron chi connectivity index (χ2n) is 8.19. The van der Waals surface area contributed by atoms with E-state index in [1.54, 1.807) is 12.1 Å². The molecular formula is C23H28FN3O2. The fourth-order valence-electron chi connectivity index (χ4n) is 3.73. The lowest BCUT2D eigenvalue weighted by atomic mass is 9.80. The number of amides is 2. The van der Waals surface area contributed by atoms with Crippen LogP contribution < -0.4 is 16.0 Å². The minimum absolute atomic E-state index is 0.0554. The summed E-state index contributed by atoms with van der Waals surface area (Å²) >= 11 is 0. The van der Waals surface area contributed by atoms with Gasteiger partial charge >= 0.3 is 0 Å². The molecule has 29 heavy (non-hydrogen) atoms. The molecule has 1 aromatic carbocycles. The minimum atomic E-state index is -0.407. The van der Waals surface area contributed by atoms with Crippen LogP contribution in [0.4, 0.5) is 10.1 Å². The third-order valence-electron chi connectivity index (χ3n) is 5.03. The van der Waals surface area contributed by atoms with Crippen LogP contribution in [0.5, 0.6) is 0 Å². The van der Waals surface area contributed by atoms with E-state index in [0.29, 0.717) is 5.56 Å². The summed E-state index contributed by atoms with van der Waals surface area (Å²) in [6.45, 7) is 9.58. The minimum Gasteiger partial charge on any atom is -0.383 e. The van der Waals surface area contributed by atoms with Gasteiger partial charge in [0.25, 0.3) is 11.8 Å². The number of hydrogen-bond donors (Lipinski definition) is 3. The summed E-state index contributed by atoms with van der Waals surface area (Å²) in [6.07, 6.45) is 5.48. The molecule has 2 unspecified atom stereocenters. The van der Waals surface area contributed by atoms with Crippen LogP contribution in [0.3, 0.4) is 0 Å². The summed E-state index contributed by atoms with van der Waals surface area (Å²) in [5.74, 6) is -1.25. The van der Waals surface area contributed by atoms with Gasteiger partial charge in [-0.15, -0.1) is 0 Å². The van der Waals surface area contributed by atoms with Gasteiger partial charge in [0.2, 0.25) is 0 Å². The van der Waals surface area contributed by atoms with Crippen molar-refractivity contribution in [3.05, 3.63) is 59.0 Å². The molecule has 3 rings (SSSR count). The summed E-state index contributed by atoms with van der Waals surface area (Å²) in [5, 5.41) is 8.86. The van der Waals surface area contributed by atoms with E-state index >= 15 is 0 Å². The lowest BCUT2D eigenvalue weighted by Crippen LogP contribution is -2.49. The Balaban J connectivity index is 1.89. The van der Waals surface area contributed by atoms with E-state index in [1.807, 2.05) is 52.8 Å². The number of rotatable bonds is 5. The molecular weight excluding hydrogens is 369 g/mol. The number of nitrogens with one attached hydrogen (secondary N) is 3. The van der Waals surface area contributed by atoms with Crippen LogP contribution in [0.15, 0.2) is 47.6 Å². The van der Waals surface area contributed by atoms with Crippen molar-refractivity contribution in [3.8, 4) is 0 Å². The molecule has 1 aliphatic heterocycles. The number of benzene rings is 1. The fourth-order valence-corrected chi connectivity index (χ4v) is 3.73. The molecule has 3 N–H and O–H groups in total. The molecule has 0 bridgehead atoms. The Labute approximate surface area is 171 Å². The van der Waals surface area contributed by atoms with E-state index in [1.165, 1.54) is 6.07 Å². The molecule has 1 aromatic rings. The fraction of sp³-hybridized carbons (Fsp3) is 0.391. The zero-order valence-electron chi connectivity index (χ0n) is 17.5. The van der Waals surface area contributed by atoms with Gasteiger partial charge in [-0.05, 0) is 64.0 Å².